The van der Waals surface area contributed by atoms with Crippen molar-refractivity contribution in [3.63, 3.8) is 0 Å². The van der Waals surface area contributed by atoms with Crippen LogP contribution in [0.1, 0.15) is 4.88 Å². The lowest BCUT2D eigenvalue weighted by Gasteiger charge is -2.04. The van der Waals surface area contributed by atoms with Gasteiger partial charge >= 0.3 is 0 Å². The molecule has 3 rings (SSSR count). The van der Waals surface area contributed by atoms with E-state index in [9.17, 15) is 4.79 Å². The lowest BCUT2D eigenvalue weighted by atomic mass is 10.3. The second-order valence-corrected chi connectivity index (χ2v) is 6.79. The van der Waals surface area contributed by atoms with Gasteiger partial charge in [0.25, 0.3) is 0 Å². The first kappa shape index (κ1) is 15.8. The van der Waals surface area contributed by atoms with Gasteiger partial charge in [-0.25, -0.2) is 0 Å². The minimum absolute atomic E-state index is 0.00546. The van der Waals surface area contributed by atoms with Gasteiger partial charge in [0.05, 0.1) is 12.0 Å². The lowest BCUT2D eigenvalue weighted by molar-refractivity contribution is -0.118. The third-order valence-corrected chi connectivity index (χ3v) is 5.14. The normalized spacial score (nSPS) is 10.8. The highest BCUT2D eigenvalue weighted by molar-refractivity contribution is 7.99. The average Bonchev–Trinajstić information content (AvgIpc) is 3.27. The molecule has 6 nitrogen and oxygen atoms in total. The highest BCUT2D eigenvalue weighted by atomic mass is 32.2. The molecule has 0 fully saturated rings. The zero-order valence-corrected chi connectivity index (χ0v) is 14.2. The predicted octanol–water partition coefficient (Wildman–Crippen LogP) is 2.59. The Labute approximate surface area is 141 Å². The van der Waals surface area contributed by atoms with Crippen LogP contribution in [0.2, 0.25) is 0 Å². The van der Waals surface area contributed by atoms with Crippen molar-refractivity contribution >= 4 is 29.0 Å². The molecule has 120 valence electrons. The van der Waals surface area contributed by atoms with E-state index in [-0.39, 0.29) is 5.91 Å². The Morgan fingerprint density at radius 3 is 3.04 bits per heavy atom. The summed E-state index contributed by atoms with van der Waals surface area (Å²) in [6.45, 7) is 0.649. The molecule has 0 spiro atoms. The fraction of sp³-hybridized carbons (Fsp3) is 0.267. The molecule has 1 N–H and O–H groups in total. The second kappa shape index (κ2) is 7.47. The quantitative estimate of drug-likeness (QED) is 0.665. The third-order valence-electron chi connectivity index (χ3n) is 3.18. The number of hydrogen-bond donors (Lipinski definition) is 1. The maximum absolute atomic E-state index is 11.9. The number of nitrogens with zero attached hydrogens (tertiary/aromatic N) is 3. The van der Waals surface area contributed by atoms with Gasteiger partial charge < -0.3 is 14.3 Å². The molecule has 0 saturated carbocycles. The molecule has 3 aromatic heterocycles. The van der Waals surface area contributed by atoms with Gasteiger partial charge in [-0.05, 0) is 30.0 Å². The number of nitrogens with one attached hydrogen (secondary N) is 1. The molecule has 0 atom stereocenters. The minimum atomic E-state index is -0.00546. The van der Waals surface area contributed by atoms with Crippen molar-refractivity contribution < 1.29 is 9.21 Å². The van der Waals surface area contributed by atoms with Crippen LogP contribution in [0.15, 0.2) is 45.5 Å². The summed E-state index contributed by atoms with van der Waals surface area (Å²) in [5.41, 5.74) is 0. The van der Waals surface area contributed by atoms with Gasteiger partial charge in [-0.1, -0.05) is 17.8 Å². The average molecular weight is 348 g/mol. The van der Waals surface area contributed by atoms with E-state index in [4.69, 9.17) is 4.42 Å². The molecule has 1 amide bonds. The first-order chi connectivity index (χ1) is 11.2. The largest absolute Gasteiger partial charge is 0.461 e. The Morgan fingerprint density at radius 2 is 2.30 bits per heavy atom. The van der Waals surface area contributed by atoms with E-state index >= 15 is 0 Å². The number of furan rings is 1. The van der Waals surface area contributed by atoms with Gasteiger partial charge in [-0.2, -0.15) is 0 Å². The van der Waals surface area contributed by atoms with Gasteiger partial charge in [-0.15, -0.1) is 21.5 Å². The molecule has 0 saturated heterocycles. The molecule has 0 bridgehead atoms. The van der Waals surface area contributed by atoms with Crippen molar-refractivity contribution in [2.75, 3.05) is 12.3 Å². The maximum atomic E-state index is 11.9. The Morgan fingerprint density at radius 1 is 1.39 bits per heavy atom. The SMILES string of the molecule is Cn1c(SCC(=O)NCCc2cccs2)nnc1-c1ccco1. The summed E-state index contributed by atoms with van der Waals surface area (Å²) >= 11 is 3.06. The van der Waals surface area contributed by atoms with Gasteiger partial charge in [0.2, 0.25) is 5.91 Å². The standard InChI is InChI=1S/C15H16N4O2S2/c1-19-14(12-5-2-8-21-12)17-18-15(19)23-10-13(20)16-7-6-11-4-3-9-22-11/h2-5,8-9H,6-7,10H2,1H3,(H,16,20). The molecule has 8 heteroatoms. The number of carbonyl (C=O) groups excluding carboxylic acids is 1. The number of aromatic nitrogens is 3. The molecule has 0 aromatic carbocycles. The maximum Gasteiger partial charge on any atom is 0.230 e. The topological polar surface area (TPSA) is 73.0 Å². The predicted molar refractivity (Wildman–Crippen MR) is 90.5 cm³/mol. The van der Waals surface area contributed by atoms with E-state index in [0.717, 1.165) is 6.42 Å². The summed E-state index contributed by atoms with van der Waals surface area (Å²) in [4.78, 5) is 13.2. The van der Waals surface area contributed by atoms with Crippen LogP contribution in [0.25, 0.3) is 11.6 Å². The molecule has 0 aliphatic carbocycles. The number of thioether (sulfide) groups is 1. The van der Waals surface area contributed by atoms with Gasteiger partial charge in [0.15, 0.2) is 16.7 Å². The smallest absolute Gasteiger partial charge is 0.230 e. The number of rotatable bonds is 7. The third kappa shape index (κ3) is 4.02. The summed E-state index contributed by atoms with van der Waals surface area (Å²) in [5.74, 6) is 1.62. The number of carbonyl (C=O) groups is 1. The molecule has 0 aliphatic heterocycles. The van der Waals surface area contributed by atoms with E-state index < -0.39 is 0 Å². The van der Waals surface area contributed by atoms with Crippen LogP contribution in [0.5, 0.6) is 0 Å². The number of amides is 1. The Kier molecular flexibility index (Phi) is 5.14. The van der Waals surface area contributed by atoms with E-state index in [0.29, 0.717) is 29.0 Å². The molecule has 3 heterocycles. The van der Waals surface area contributed by atoms with Crippen molar-refractivity contribution in [3.8, 4) is 11.6 Å². The molecule has 23 heavy (non-hydrogen) atoms. The van der Waals surface area contributed by atoms with Crippen molar-refractivity contribution in [1.82, 2.24) is 20.1 Å². The Bertz CT molecular complexity index is 751. The summed E-state index contributed by atoms with van der Waals surface area (Å²) in [5, 5.41) is 13.8. The first-order valence-electron chi connectivity index (χ1n) is 7.09. The van der Waals surface area contributed by atoms with E-state index in [2.05, 4.69) is 21.6 Å². The lowest BCUT2D eigenvalue weighted by Crippen LogP contribution is -2.27. The van der Waals surface area contributed by atoms with E-state index in [1.54, 1.807) is 23.7 Å². The van der Waals surface area contributed by atoms with Crippen LogP contribution in [0, 0.1) is 0 Å². The molecular formula is C15H16N4O2S2. The number of hydrogen-bond acceptors (Lipinski definition) is 6. The highest BCUT2D eigenvalue weighted by Crippen LogP contribution is 2.22. The zero-order valence-electron chi connectivity index (χ0n) is 12.6. The zero-order chi connectivity index (χ0) is 16.1. The van der Waals surface area contributed by atoms with Crippen LogP contribution >= 0.6 is 23.1 Å². The number of thiophene rings is 1. The molecule has 3 aromatic rings. The van der Waals surface area contributed by atoms with Gasteiger partial charge in [0, 0.05) is 18.5 Å². The Hall–Kier alpha value is -2.06. The summed E-state index contributed by atoms with van der Waals surface area (Å²) in [7, 11) is 1.86. The second-order valence-electron chi connectivity index (χ2n) is 4.81. The van der Waals surface area contributed by atoms with Crippen LogP contribution in [0.4, 0.5) is 0 Å². The van der Waals surface area contributed by atoms with Crippen LogP contribution in [-0.2, 0) is 18.3 Å². The van der Waals surface area contributed by atoms with Crippen LogP contribution in [0.3, 0.4) is 0 Å². The van der Waals surface area contributed by atoms with Gasteiger partial charge in [0.1, 0.15) is 0 Å². The Balaban J connectivity index is 1.47. The summed E-state index contributed by atoms with van der Waals surface area (Å²) < 4.78 is 7.14. The van der Waals surface area contributed by atoms with Crippen LogP contribution < -0.4 is 5.32 Å². The minimum Gasteiger partial charge on any atom is -0.461 e. The summed E-state index contributed by atoms with van der Waals surface area (Å²) in [6, 6.07) is 7.72. The van der Waals surface area contributed by atoms with E-state index in [1.165, 1.54) is 16.6 Å². The monoisotopic (exact) mass is 348 g/mol. The van der Waals surface area contributed by atoms with Crippen LogP contribution in [-0.4, -0.2) is 33.0 Å². The van der Waals surface area contributed by atoms with Crippen molar-refractivity contribution in [1.29, 1.82) is 0 Å². The molecule has 0 radical (unpaired) electrons. The first-order valence-corrected chi connectivity index (χ1v) is 8.95. The fourth-order valence-electron chi connectivity index (χ4n) is 2.02. The summed E-state index contributed by atoms with van der Waals surface area (Å²) in [6.07, 6.45) is 2.46. The molecule has 0 unspecified atom stereocenters. The highest BCUT2D eigenvalue weighted by Gasteiger charge is 2.14. The fourth-order valence-corrected chi connectivity index (χ4v) is 3.47. The molecule has 0 aliphatic rings. The van der Waals surface area contributed by atoms with Crippen molar-refractivity contribution in [3.05, 3.63) is 40.8 Å². The van der Waals surface area contributed by atoms with Crippen molar-refractivity contribution in [2.24, 2.45) is 7.05 Å². The molecular weight excluding hydrogens is 332 g/mol. The van der Waals surface area contributed by atoms with Crippen molar-refractivity contribution in [2.45, 2.75) is 11.6 Å². The van der Waals surface area contributed by atoms with Gasteiger partial charge in [-0.3, -0.25) is 4.79 Å². The van der Waals surface area contributed by atoms with E-state index in [1.807, 2.05) is 29.1 Å².